The highest BCUT2D eigenvalue weighted by atomic mass is 16.5. The maximum atomic E-state index is 5.84. The number of nitrogens with one attached hydrogen (secondary N) is 1. The van der Waals surface area contributed by atoms with Crippen molar-refractivity contribution >= 4 is 0 Å². The van der Waals surface area contributed by atoms with Crippen LogP contribution < -0.4 is 0 Å². The number of likely N-dealkylation sites (tertiary alicyclic amines) is 1. The van der Waals surface area contributed by atoms with Gasteiger partial charge in [-0.1, -0.05) is 6.42 Å². The van der Waals surface area contributed by atoms with E-state index in [9.17, 15) is 0 Å². The van der Waals surface area contributed by atoms with Gasteiger partial charge in [0.15, 0.2) is 0 Å². The summed E-state index contributed by atoms with van der Waals surface area (Å²) in [4.78, 5) is 10.1. The van der Waals surface area contributed by atoms with E-state index in [0.29, 0.717) is 0 Å². The zero-order valence-electron chi connectivity index (χ0n) is 9.61. The molecule has 1 fully saturated rings. The highest BCUT2D eigenvalue weighted by Crippen LogP contribution is 2.25. The van der Waals surface area contributed by atoms with Crippen LogP contribution in [-0.4, -0.2) is 41.1 Å². The van der Waals surface area contributed by atoms with Gasteiger partial charge in [0.25, 0.3) is 0 Å². The summed E-state index contributed by atoms with van der Waals surface area (Å²) in [5.41, 5.74) is 2.41. The van der Waals surface area contributed by atoms with Gasteiger partial charge >= 0.3 is 0 Å². The summed E-state index contributed by atoms with van der Waals surface area (Å²) in [5, 5.41) is 0. The number of aromatic amines is 1. The van der Waals surface area contributed by atoms with Gasteiger partial charge in [-0.3, -0.25) is 0 Å². The predicted molar refractivity (Wildman–Crippen MR) is 61.3 cm³/mol. The van der Waals surface area contributed by atoms with Crippen molar-refractivity contribution in [2.75, 3.05) is 26.2 Å². The average Bonchev–Trinajstić information content (AvgIpc) is 2.80. The molecular formula is C12H19N3O. The van der Waals surface area contributed by atoms with E-state index in [1.54, 1.807) is 6.33 Å². The minimum Gasteiger partial charge on any atom is -0.370 e. The molecule has 0 aliphatic carbocycles. The van der Waals surface area contributed by atoms with Crippen LogP contribution in [-0.2, 0) is 11.2 Å². The molecule has 1 aromatic heterocycles. The smallest absolute Gasteiger partial charge is 0.114 e. The van der Waals surface area contributed by atoms with E-state index in [1.165, 1.54) is 38.0 Å². The lowest BCUT2D eigenvalue weighted by Gasteiger charge is -2.31. The normalized spacial score (nSPS) is 26.6. The molecule has 1 aromatic rings. The van der Waals surface area contributed by atoms with Crippen molar-refractivity contribution in [2.24, 2.45) is 0 Å². The van der Waals surface area contributed by atoms with Gasteiger partial charge in [0, 0.05) is 18.7 Å². The van der Waals surface area contributed by atoms with E-state index in [0.717, 1.165) is 25.3 Å². The topological polar surface area (TPSA) is 41.1 Å². The van der Waals surface area contributed by atoms with Crippen LogP contribution in [0.5, 0.6) is 0 Å². The first-order valence-corrected chi connectivity index (χ1v) is 6.29. The van der Waals surface area contributed by atoms with Crippen molar-refractivity contribution in [1.82, 2.24) is 14.9 Å². The first-order valence-electron chi connectivity index (χ1n) is 6.29. The number of nitrogens with zero attached hydrogens (tertiary/aromatic N) is 2. The SMILES string of the molecule is c1nc2c([nH]1)CCOC2CN1CCCCC1. The fourth-order valence-corrected chi connectivity index (χ4v) is 2.71. The van der Waals surface area contributed by atoms with Crippen molar-refractivity contribution in [3.8, 4) is 0 Å². The number of rotatable bonds is 2. The number of ether oxygens (including phenoxy) is 1. The van der Waals surface area contributed by atoms with Crippen molar-refractivity contribution in [1.29, 1.82) is 0 Å². The lowest BCUT2D eigenvalue weighted by molar-refractivity contribution is 0.00925. The Morgan fingerprint density at radius 3 is 3.12 bits per heavy atom. The van der Waals surface area contributed by atoms with Crippen LogP contribution in [0.15, 0.2) is 6.33 Å². The Bertz CT molecular complexity index is 344. The molecule has 1 unspecified atom stereocenters. The van der Waals surface area contributed by atoms with Crippen molar-refractivity contribution in [2.45, 2.75) is 31.8 Å². The summed E-state index contributed by atoms with van der Waals surface area (Å²) in [6.45, 7) is 4.28. The average molecular weight is 221 g/mol. The summed E-state index contributed by atoms with van der Waals surface area (Å²) in [6, 6.07) is 0. The summed E-state index contributed by atoms with van der Waals surface area (Å²) >= 11 is 0. The molecule has 2 aliphatic heterocycles. The van der Waals surface area contributed by atoms with Crippen LogP contribution >= 0.6 is 0 Å². The van der Waals surface area contributed by atoms with Crippen LogP contribution in [0, 0.1) is 0 Å². The summed E-state index contributed by atoms with van der Waals surface area (Å²) in [7, 11) is 0. The second-order valence-corrected chi connectivity index (χ2v) is 4.74. The Kier molecular flexibility index (Phi) is 2.93. The van der Waals surface area contributed by atoms with Gasteiger partial charge in [0.2, 0.25) is 0 Å². The Morgan fingerprint density at radius 1 is 1.38 bits per heavy atom. The lowest BCUT2D eigenvalue weighted by Crippen LogP contribution is -2.35. The number of fused-ring (bicyclic) bond motifs is 1. The third kappa shape index (κ3) is 1.99. The van der Waals surface area contributed by atoms with E-state index in [1.807, 2.05) is 0 Å². The van der Waals surface area contributed by atoms with Gasteiger partial charge in [-0.05, 0) is 25.9 Å². The van der Waals surface area contributed by atoms with Gasteiger partial charge in [-0.15, -0.1) is 0 Å². The van der Waals surface area contributed by atoms with Gasteiger partial charge in [-0.25, -0.2) is 4.98 Å². The molecule has 1 saturated heterocycles. The molecule has 0 spiro atoms. The molecule has 1 atom stereocenters. The summed E-state index contributed by atoms with van der Waals surface area (Å²) < 4.78 is 5.84. The minimum atomic E-state index is 0.188. The lowest BCUT2D eigenvalue weighted by atomic mass is 10.1. The number of hydrogen-bond donors (Lipinski definition) is 1. The van der Waals surface area contributed by atoms with E-state index >= 15 is 0 Å². The molecule has 2 aliphatic rings. The Morgan fingerprint density at radius 2 is 2.25 bits per heavy atom. The van der Waals surface area contributed by atoms with E-state index in [2.05, 4.69) is 14.9 Å². The third-order valence-electron chi connectivity index (χ3n) is 3.60. The number of imidazole rings is 1. The summed E-state index contributed by atoms with van der Waals surface area (Å²) in [6.07, 6.45) is 7.01. The molecule has 88 valence electrons. The summed E-state index contributed by atoms with van der Waals surface area (Å²) in [5.74, 6) is 0. The van der Waals surface area contributed by atoms with Crippen LogP contribution in [0.2, 0.25) is 0 Å². The number of H-pyrrole nitrogens is 1. The number of aromatic nitrogens is 2. The first-order chi connectivity index (χ1) is 7.93. The van der Waals surface area contributed by atoms with Gasteiger partial charge < -0.3 is 14.6 Å². The Hall–Kier alpha value is -0.870. The Labute approximate surface area is 96.0 Å². The number of piperidine rings is 1. The second-order valence-electron chi connectivity index (χ2n) is 4.74. The van der Waals surface area contributed by atoms with Crippen LogP contribution in [0.25, 0.3) is 0 Å². The van der Waals surface area contributed by atoms with E-state index < -0.39 is 0 Å². The zero-order chi connectivity index (χ0) is 10.8. The van der Waals surface area contributed by atoms with Gasteiger partial charge in [0.1, 0.15) is 6.10 Å². The highest BCUT2D eigenvalue weighted by molar-refractivity contribution is 5.17. The minimum absolute atomic E-state index is 0.188. The zero-order valence-corrected chi connectivity index (χ0v) is 9.61. The van der Waals surface area contributed by atoms with Gasteiger partial charge in [-0.2, -0.15) is 0 Å². The molecule has 0 bridgehead atoms. The fourth-order valence-electron chi connectivity index (χ4n) is 2.71. The molecule has 16 heavy (non-hydrogen) atoms. The van der Waals surface area contributed by atoms with Crippen LogP contribution in [0.1, 0.15) is 36.8 Å². The molecule has 0 aromatic carbocycles. The monoisotopic (exact) mass is 221 g/mol. The molecule has 4 heteroatoms. The van der Waals surface area contributed by atoms with Crippen molar-refractivity contribution < 1.29 is 4.74 Å². The number of hydrogen-bond acceptors (Lipinski definition) is 3. The molecule has 0 radical (unpaired) electrons. The predicted octanol–water partition coefficient (Wildman–Crippen LogP) is 1.51. The molecule has 4 nitrogen and oxygen atoms in total. The van der Waals surface area contributed by atoms with Crippen LogP contribution in [0.4, 0.5) is 0 Å². The van der Waals surface area contributed by atoms with E-state index in [-0.39, 0.29) is 6.10 Å². The highest BCUT2D eigenvalue weighted by Gasteiger charge is 2.25. The second kappa shape index (κ2) is 4.55. The molecule has 3 rings (SSSR count). The van der Waals surface area contributed by atoms with Gasteiger partial charge in [0.05, 0.1) is 18.6 Å². The largest absolute Gasteiger partial charge is 0.370 e. The van der Waals surface area contributed by atoms with Crippen molar-refractivity contribution in [3.05, 3.63) is 17.7 Å². The molecular weight excluding hydrogens is 202 g/mol. The van der Waals surface area contributed by atoms with E-state index in [4.69, 9.17) is 4.74 Å². The fraction of sp³-hybridized carbons (Fsp3) is 0.750. The maximum Gasteiger partial charge on any atom is 0.114 e. The Balaban J connectivity index is 1.67. The van der Waals surface area contributed by atoms with Crippen LogP contribution in [0.3, 0.4) is 0 Å². The molecule has 1 N–H and O–H groups in total. The maximum absolute atomic E-state index is 5.84. The first kappa shape index (κ1) is 10.3. The quantitative estimate of drug-likeness (QED) is 0.823. The third-order valence-corrected chi connectivity index (χ3v) is 3.60. The molecule has 0 amide bonds. The molecule has 3 heterocycles. The van der Waals surface area contributed by atoms with Crippen molar-refractivity contribution in [3.63, 3.8) is 0 Å². The molecule has 0 saturated carbocycles. The standard InChI is InChI=1S/C12H19N3O/c1-2-5-15(6-3-1)8-11-12-10(4-7-16-11)13-9-14-12/h9,11H,1-8H2,(H,13,14).